The van der Waals surface area contributed by atoms with Crippen molar-refractivity contribution in [3.8, 4) is 5.75 Å². The maximum Gasteiger partial charge on any atom is 0.153 e. The third-order valence-electron chi connectivity index (χ3n) is 2.53. The number of nitrogens with zero attached hydrogens (tertiary/aromatic N) is 1. The van der Waals surface area contributed by atoms with Crippen LogP contribution in [-0.2, 0) is 0 Å². The maximum absolute atomic E-state index is 10.8. The smallest absolute Gasteiger partial charge is 0.153 e. The molecular weight excluding hydrogens is 270 g/mol. The molecule has 0 aliphatic heterocycles. The van der Waals surface area contributed by atoms with Crippen LogP contribution >= 0.6 is 15.9 Å². The predicted octanol–water partition coefficient (Wildman–Crippen LogP) is 3.12. The van der Waals surface area contributed by atoms with Crippen LogP contribution < -0.4 is 9.64 Å². The summed E-state index contributed by atoms with van der Waals surface area (Å²) in [7, 11) is 1.57. The molecule has 1 rings (SSSR count). The standard InChI is InChI=1S/C12H16BrNO2/c1-4-14(5-2)11-7-12(16-3)9(8-15)6-10(11)13/h6-8H,4-5H2,1-3H3. The van der Waals surface area contributed by atoms with Crippen molar-refractivity contribution in [1.29, 1.82) is 0 Å². The number of benzene rings is 1. The average molecular weight is 286 g/mol. The number of methoxy groups -OCH3 is 1. The quantitative estimate of drug-likeness (QED) is 0.779. The number of hydrogen-bond donors (Lipinski definition) is 0. The number of carbonyl (C=O) groups is 1. The minimum Gasteiger partial charge on any atom is -0.496 e. The minimum atomic E-state index is 0.560. The molecule has 3 nitrogen and oxygen atoms in total. The summed E-state index contributed by atoms with van der Waals surface area (Å²) in [4.78, 5) is 13.0. The van der Waals surface area contributed by atoms with Crippen LogP contribution in [0.4, 0.5) is 5.69 Å². The first kappa shape index (κ1) is 13.0. The highest BCUT2D eigenvalue weighted by molar-refractivity contribution is 9.10. The first-order valence-electron chi connectivity index (χ1n) is 5.25. The second-order valence-electron chi connectivity index (χ2n) is 3.34. The van der Waals surface area contributed by atoms with E-state index in [-0.39, 0.29) is 0 Å². The summed E-state index contributed by atoms with van der Waals surface area (Å²) >= 11 is 3.48. The number of hydrogen-bond acceptors (Lipinski definition) is 3. The topological polar surface area (TPSA) is 29.5 Å². The van der Waals surface area contributed by atoms with E-state index in [0.717, 1.165) is 29.5 Å². The molecule has 0 saturated heterocycles. The largest absolute Gasteiger partial charge is 0.496 e. The molecule has 16 heavy (non-hydrogen) atoms. The van der Waals surface area contributed by atoms with E-state index in [1.807, 2.05) is 6.07 Å². The molecule has 0 unspecified atom stereocenters. The summed E-state index contributed by atoms with van der Waals surface area (Å²) in [5.74, 6) is 0.611. The molecule has 1 aromatic carbocycles. The van der Waals surface area contributed by atoms with Gasteiger partial charge in [-0.3, -0.25) is 4.79 Å². The molecule has 0 N–H and O–H groups in total. The fourth-order valence-corrected chi connectivity index (χ4v) is 2.25. The van der Waals surface area contributed by atoms with Gasteiger partial charge in [-0.1, -0.05) is 0 Å². The van der Waals surface area contributed by atoms with Crippen LogP contribution in [0, 0.1) is 0 Å². The van der Waals surface area contributed by atoms with Crippen molar-refractivity contribution in [3.63, 3.8) is 0 Å². The lowest BCUT2D eigenvalue weighted by Crippen LogP contribution is -2.22. The highest BCUT2D eigenvalue weighted by Gasteiger charge is 2.12. The highest BCUT2D eigenvalue weighted by atomic mass is 79.9. The minimum absolute atomic E-state index is 0.560. The molecule has 0 amide bonds. The van der Waals surface area contributed by atoms with Gasteiger partial charge in [-0.15, -0.1) is 0 Å². The van der Waals surface area contributed by atoms with Crippen LogP contribution in [0.2, 0.25) is 0 Å². The number of ether oxygens (including phenoxy) is 1. The van der Waals surface area contributed by atoms with Gasteiger partial charge in [0.15, 0.2) is 6.29 Å². The van der Waals surface area contributed by atoms with Crippen molar-refractivity contribution >= 4 is 27.9 Å². The van der Waals surface area contributed by atoms with Gasteiger partial charge in [0, 0.05) is 23.6 Å². The van der Waals surface area contributed by atoms with Gasteiger partial charge in [0.1, 0.15) is 5.75 Å². The molecule has 0 fully saturated rings. The van der Waals surface area contributed by atoms with Gasteiger partial charge in [-0.05, 0) is 35.8 Å². The van der Waals surface area contributed by atoms with Crippen LogP contribution in [0.15, 0.2) is 16.6 Å². The molecule has 4 heteroatoms. The van der Waals surface area contributed by atoms with Crippen molar-refractivity contribution in [1.82, 2.24) is 0 Å². The van der Waals surface area contributed by atoms with E-state index in [1.165, 1.54) is 0 Å². The predicted molar refractivity (Wildman–Crippen MR) is 69.6 cm³/mol. The molecule has 0 atom stereocenters. The zero-order chi connectivity index (χ0) is 12.1. The summed E-state index contributed by atoms with van der Waals surface area (Å²) in [5.41, 5.74) is 1.61. The van der Waals surface area contributed by atoms with E-state index >= 15 is 0 Å². The Kier molecular flexibility index (Phi) is 4.80. The number of anilines is 1. The summed E-state index contributed by atoms with van der Waals surface area (Å²) in [6, 6.07) is 3.68. The number of halogens is 1. The lowest BCUT2D eigenvalue weighted by Gasteiger charge is -2.23. The Morgan fingerprint density at radius 3 is 2.44 bits per heavy atom. The fraction of sp³-hybridized carbons (Fsp3) is 0.417. The van der Waals surface area contributed by atoms with E-state index in [0.29, 0.717) is 11.3 Å². The van der Waals surface area contributed by atoms with Crippen molar-refractivity contribution in [3.05, 3.63) is 22.2 Å². The number of rotatable bonds is 5. The van der Waals surface area contributed by atoms with Gasteiger partial charge >= 0.3 is 0 Å². The molecular formula is C12H16BrNO2. The molecule has 1 aromatic rings. The Bertz CT molecular complexity index is 376. The van der Waals surface area contributed by atoms with Gasteiger partial charge in [-0.25, -0.2) is 0 Å². The maximum atomic E-state index is 10.8. The number of aldehydes is 1. The van der Waals surface area contributed by atoms with Crippen molar-refractivity contribution in [2.75, 3.05) is 25.1 Å². The SMILES string of the molecule is CCN(CC)c1cc(OC)c(C=O)cc1Br. The van der Waals surface area contributed by atoms with Gasteiger partial charge in [-0.2, -0.15) is 0 Å². The summed E-state index contributed by atoms with van der Waals surface area (Å²) in [6.45, 7) is 6.02. The third kappa shape index (κ3) is 2.55. The van der Waals surface area contributed by atoms with Crippen LogP contribution in [0.5, 0.6) is 5.75 Å². The molecule has 88 valence electrons. The lowest BCUT2D eigenvalue weighted by molar-refractivity contribution is 0.112. The van der Waals surface area contributed by atoms with E-state index < -0.39 is 0 Å². The Labute approximate surface area is 105 Å². The Hall–Kier alpha value is -1.03. The molecule has 0 aliphatic carbocycles. The average Bonchev–Trinajstić information content (AvgIpc) is 2.32. The van der Waals surface area contributed by atoms with Gasteiger partial charge < -0.3 is 9.64 Å². The van der Waals surface area contributed by atoms with E-state index in [9.17, 15) is 4.79 Å². The lowest BCUT2D eigenvalue weighted by atomic mass is 10.2. The van der Waals surface area contributed by atoms with Crippen molar-refractivity contribution in [2.24, 2.45) is 0 Å². The third-order valence-corrected chi connectivity index (χ3v) is 3.17. The first-order valence-corrected chi connectivity index (χ1v) is 6.04. The fourth-order valence-electron chi connectivity index (χ4n) is 1.63. The van der Waals surface area contributed by atoms with Crippen molar-refractivity contribution in [2.45, 2.75) is 13.8 Å². The van der Waals surface area contributed by atoms with Gasteiger partial charge in [0.05, 0.1) is 18.4 Å². The molecule has 0 radical (unpaired) electrons. The first-order chi connectivity index (χ1) is 7.67. The van der Waals surface area contributed by atoms with Crippen LogP contribution in [0.25, 0.3) is 0 Å². The van der Waals surface area contributed by atoms with E-state index in [1.54, 1.807) is 13.2 Å². The van der Waals surface area contributed by atoms with Crippen LogP contribution in [0.3, 0.4) is 0 Å². The van der Waals surface area contributed by atoms with E-state index in [2.05, 4.69) is 34.7 Å². The second-order valence-corrected chi connectivity index (χ2v) is 4.19. The summed E-state index contributed by atoms with van der Waals surface area (Å²) in [6.07, 6.45) is 0.801. The Morgan fingerprint density at radius 2 is 2.00 bits per heavy atom. The Morgan fingerprint density at radius 1 is 1.38 bits per heavy atom. The summed E-state index contributed by atoms with van der Waals surface area (Å²) < 4.78 is 6.11. The summed E-state index contributed by atoms with van der Waals surface area (Å²) in [5, 5.41) is 0. The molecule has 0 aromatic heterocycles. The second kappa shape index (κ2) is 5.89. The Balaban J connectivity index is 3.25. The van der Waals surface area contributed by atoms with Crippen molar-refractivity contribution < 1.29 is 9.53 Å². The highest BCUT2D eigenvalue weighted by Crippen LogP contribution is 2.32. The number of carbonyl (C=O) groups excluding carboxylic acids is 1. The zero-order valence-electron chi connectivity index (χ0n) is 9.79. The molecule has 0 spiro atoms. The van der Waals surface area contributed by atoms with Gasteiger partial charge in [0.2, 0.25) is 0 Å². The zero-order valence-corrected chi connectivity index (χ0v) is 11.4. The molecule has 0 heterocycles. The van der Waals surface area contributed by atoms with Crippen LogP contribution in [0.1, 0.15) is 24.2 Å². The monoisotopic (exact) mass is 285 g/mol. The van der Waals surface area contributed by atoms with Gasteiger partial charge in [0.25, 0.3) is 0 Å². The van der Waals surface area contributed by atoms with Crippen LogP contribution in [-0.4, -0.2) is 26.5 Å². The molecule has 0 bridgehead atoms. The molecule has 0 saturated carbocycles. The normalized spacial score (nSPS) is 10.0. The molecule has 0 aliphatic rings. The van der Waals surface area contributed by atoms with E-state index in [4.69, 9.17) is 4.74 Å².